The Morgan fingerprint density at radius 1 is 1.29 bits per heavy atom. The number of halogens is 1. The molecule has 0 aliphatic heterocycles. The Morgan fingerprint density at radius 2 is 2.04 bits per heavy atom. The van der Waals surface area contributed by atoms with Gasteiger partial charge >= 0.3 is 5.97 Å². The van der Waals surface area contributed by atoms with E-state index < -0.39 is 12.0 Å². The van der Waals surface area contributed by atoms with Crippen molar-refractivity contribution in [2.45, 2.75) is 26.0 Å². The number of benzene rings is 2. The lowest BCUT2D eigenvalue weighted by atomic mass is 10.0. The molecule has 0 spiro atoms. The van der Waals surface area contributed by atoms with Crippen LogP contribution in [0.2, 0.25) is 5.02 Å². The van der Waals surface area contributed by atoms with Gasteiger partial charge in [-0.1, -0.05) is 17.7 Å². The van der Waals surface area contributed by atoms with Crippen LogP contribution >= 0.6 is 11.6 Å². The Kier molecular flexibility index (Phi) is 6.06. The van der Waals surface area contributed by atoms with E-state index in [1.165, 1.54) is 0 Å². The molecular formula is C18H20ClNO4. The molecule has 0 amide bonds. The molecule has 6 heteroatoms. The molecule has 0 fully saturated rings. The Morgan fingerprint density at radius 3 is 2.67 bits per heavy atom. The minimum atomic E-state index is -1.03. The maximum Gasteiger partial charge on any atom is 0.320 e. The molecule has 3 N–H and O–H groups in total. The zero-order chi connectivity index (χ0) is 17.7. The number of carboxylic acid groups (broad SMARTS) is 1. The van der Waals surface area contributed by atoms with Gasteiger partial charge in [0.1, 0.15) is 24.1 Å². The number of hydrogen-bond donors (Lipinski definition) is 2. The Labute approximate surface area is 146 Å². The first-order chi connectivity index (χ1) is 11.4. The Bertz CT molecular complexity index is 733. The predicted molar refractivity (Wildman–Crippen MR) is 92.8 cm³/mol. The summed E-state index contributed by atoms with van der Waals surface area (Å²) in [6.07, 6.45) is 0.242. The van der Waals surface area contributed by atoms with E-state index in [1.807, 2.05) is 19.1 Å². The maximum absolute atomic E-state index is 10.9. The number of methoxy groups -OCH3 is 1. The lowest BCUT2D eigenvalue weighted by Crippen LogP contribution is -2.32. The van der Waals surface area contributed by atoms with Gasteiger partial charge in [0.25, 0.3) is 0 Å². The van der Waals surface area contributed by atoms with Gasteiger partial charge < -0.3 is 20.3 Å². The van der Waals surface area contributed by atoms with Crippen molar-refractivity contribution in [2.24, 2.45) is 5.73 Å². The summed E-state index contributed by atoms with van der Waals surface area (Å²) in [5.41, 5.74) is 8.16. The van der Waals surface area contributed by atoms with Crippen molar-refractivity contribution in [2.75, 3.05) is 7.11 Å². The van der Waals surface area contributed by atoms with Crippen molar-refractivity contribution in [3.8, 4) is 11.5 Å². The summed E-state index contributed by atoms with van der Waals surface area (Å²) in [6.45, 7) is 2.20. The lowest BCUT2D eigenvalue weighted by molar-refractivity contribution is -0.138. The van der Waals surface area contributed by atoms with Crippen LogP contribution in [0.1, 0.15) is 16.7 Å². The van der Waals surface area contributed by atoms with Gasteiger partial charge in [0.2, 0.25) is 0 Å². The molecule has 0 aromatic heterocycles. The number of aliphatic carboxylic acids is 1. The van der Waals surface area contributed by atoms with Crippen LogP contribution in [0.15, 0.2) is 36.4 Å². The molecule has 2 aromatic rings. The van der Waals surface area contributed by atoms with Gasteiger partial charge in [0.05, 0.1) is 7.11 Å². The van der Waals surface area contributed by atoms with Crippen LogP contribution in [0.3, 0.4) is 0 Å². The molecule has 0 aliphatic rings. The monoisotopic (exact) mass is 349 g/mol. The van der Waals surface area contributed by atoms with Gasteiger partial charge in [0, 0.05) is 10.6 Å². The topological polar surface area (TPSA) is 81.8 Å². The van der Waals surface area contributed by atoms with Crippen LogP contribution in [0.25, 0.3) is 0 Å². The highest BCUT2D eigenvalue weighted by Gasteiger charge is 2.14. The fourth-order valence-corrected chi connectivity index (χ4v) is 2.40. The summed E-state index contributed by atoms with van der Waals surface area (Å²) in [5, 5.41) is 9.61. The summed E-state index contributed by atoms with van der Waals surface area (Å²) >= 11 is 6.00. The van der Waals surface area contributed by atoms with E-state index in [-0.39, 0.29) is 6.42 Å². The van der Waals surface area contributed by atoms with Crippen LogP contribution in [0.4, 0.5) is 0 Å². The fraction of sp³-hybridized carbons (Fsp3) is 0.278. The van der Waals surface area contributed by atoms with Gasteiger partial charge in [-0.15, -0.1) is 0 Å². The zero-order valence-electron chi connectivity index (χ0n) is 13.6. The van der Waals surface area contributed by atoms with Gasteiger partial charge in [-0.2, -0.15) is 0 Å². The number of hydrogen-bond acceptors (Lipinski definition) is 4. The van der Waals surface area contributed by atoms with Gasteiger partial charge in [0.15, 0.2) is 0 Å². The highest BCUT2D eigenvalue weighted by atomic mass is 35.5. The number of carboxylic acids is 1. The number of carbonyl (C=O) groups is 1. The largest absolute Gasteiger partial charge is 0.496 e. The van der Waals surface area contributed by atoms with Crippen LogP contribution < -0.4 is 15.2 Å². The van der Waals surface area contributed by atoms with Gasteiger partial charge in [-0.05, 0) is 54.8 Å². The standard InChI is InChI=1S/C18H20ClNO4/c1-11-7-14(4-5-15(11)19)24-10-13-8-12(3-6-17(13)23-2)9-16(20)18(21)22/h3-8,16H,9-10,20H2,1-2H3,(H,21,22). The molecule has 2 rings (SSSR count). The smallest absolute Gasteiger partial charge is 0.320 e. The molecule has 1 atom stereocenters. The quantitative estimate of drug-likeness (QED) is 0.802. The van der Waals surface area contributed by atoms with Crippen molar-refractivity contribution < 1.29 is 19.4 Å². The highest BCUT2D eigenvalue weighted by molar-refractivity contribution is 6.31. The Hall–Kier alpha value is -2.24. The zero-order valence-corrected chi connectivity index (χ0v) is 14.3. The molecular weight excluding hydrogens is 330 g/mol. The average molecular weight is 350 g/mol. The molecule has 128 valence electrons. The molecule has 0 bridgehead atoms. The van der Waals surface area contributed by atoms with E-state index in [1.54, 1.807) is 31.4 Å². The minimum Gasteiger partial charge on any atom is -0.496 e. The maximum atomic E-state index is 10.9. The van der Waals surface area contributed by atoms with E-state index >= 15 is 0 Å². The summed E-state index contributed by atoms with van der Waals surface area (Å²) in [7, 11) is 1.58. The molecule has 0 radical (unpaired) electrons. The first-order valence-electron chi connectivity index (χ1n) is 7.44. The van der Waals surface area contributed by atoms with Crippen molar-refractivity contribution in [3.63, 3.8) is 0 Å². The van der Waals surface area contributed by atoms with E-state index in [9.17, 15) is 4.79 Å². The molecule has 2 aromatic carbocycles. The van der Waals surface area contributed by atoms with Gasteiger partial charge in [-0.3, -0.25) is 4.79 Å². The molecule has 1 unspecified atom stereocenters. The molecule has 24 heavy (non-hydrogen) atoms. The van der Waals surface area contributed by atoms with Gasteiger partial charge in [-0.25, -0.2) is 0 Å². The lowest BCUT2D eigenvalue weighted by Gasteiger charge is -2.14. The second-order valence-electron chi connectivity index (χ2n) is 5.49. The van der Waals surface area contributed by atoms with Crippen LogP contribution in [-0.2, 0) is 17.8 Å². The summed E-state index contributed by atoms with van der Waals surface area (Å²) in [4.78, 5) is 10.9. The molecule has 0 aliphatic carbocycles. The highest BCUT2D eigenvalue weighted by Crippen LogP contribution is 2.25. The van der Waals surface area contributed by atoms with Crippen molar-refractivity contribution in [1.82, 2.24) is 0 Å². The summed E-state index contributed by atoms with van der Waals surface area (Å²) in [5.74, 6) is 0.347. The Balaban J connectivity index is 2.14. The SMILES string of the molecule is COc1ccc(CC(N)C(=O)O)cc1COc1ccc(Cl)c(C)c1. The van der Waals surface area contributed by atoms with Crippen molar-refractivity contribution in [1.29, 1.82) is 0 Å². The summed E-state index contributed by atoms with van der Waals surface area (Å²) in [6, 6.07) is 9.94. The normalized spacial score (nSPS) is 11.8. The number of nitrogens with two attached hydrogens (primary N) is 1. The van der Waals surface area contributed by atoms with Crippen molar-refractivity contribution in [3.05, 3.63) is 58.1 Å². The van der Waals surface area contributed by atoms with E-state index in [2.05, 4.69) is 0 Å². The van der Waals surface area contributed by atoms with Crippen molar-refractivity contribution >= 4 is 17.6 Å². The first-order valence-corrected chi connectivity index (χ1v) is 7.81. The second kappa shape index (κ2) is 8.04. The molecule has 0 saturated heterocycles. The van der Waals surface area contributed by atoms with Crippen LogP contribution in [0, 0.1) is 6.92 Å². The minimum absolute atomic E-state index is 0.242. The third-order valence-electron chi connectivity index (χ3n) is 3.64. The van der Waals surface area contributed by atoms with Crippen LogP contribution in [0.5, 0.6) is 11.5 Å². The summed E-state index contributed by atoms with van der Waals surface area (Å²) < 4.78 is 11.1. The predicted octanol–water partition coefficient (Wildman–Crippen LogP) is 3.19. The molecule has 0 heterocycles. The average Bonchev–Trinajstić information content (AvgIpc) is 2.56. The number of aryl methyl sites for hydroxylation is 1. The van der Waals surface area contributed by atoms with Crippen LogP contribution in [-0.4, -0.2) is 24.2 Å². The number of ether oxygens (including phenoxy) is 2. The molecule has 5 nitrogen and oxygen atoms in total. The third kappa shape index (κ3) is 4.63. The van der Waals surface area contributed by atoms with E-state index in [0.29, 0.717) is 23.1 Å². The third-order valence-corrected chi connectivity index (χ3v) is 4.07. The molecule has 0 saturated carbocycles. The van der Waals surface area contributed by atoms with E-state index in [0.717, 1.165) is 16.7 Å². The number of rotatable bonds is 7. The van der Waals surface area contributed by atoms with E-state index in [4.69, 9.17) is 31.9 Å². The fourth-order valence-electron chi connectivity index (χ4n) is 2.28. The first kappa shape index (κ1) is 18.1. The second-order valence-corrected chi connectivity index (χ2v) is 5.90.